The molecule has 0 aliphatic rings. The molecule has 31 heavy (non-hydrogen) atoms. The van der Waals surface area contributed by atoms with Crippen LogP contribution in [0.4, 0.5) is 0 Å². The number of aromatic nitrogens is 3. The van der Waals surface area contributed by atoms with Crippen LogP contribution in [0.3, 0.4) is 0 Å². The first-order valence-corrected chi connectivity index (χ1v) is 9.76. The number of esters is 1. The van der Waals surface area contributed by atoms with E-state index in [0.29, 0.717) is 21.8 Å². The van der Waals surface area contributed by atoms with Crippen LogP contribution in [-0.4, -0.2) is 33.9 Å². The van der Waals surface area contributed by atoms with Crippen LogP contribution in [0.25, 0.3) is 11.3 Å². The van der Waals surface area contributed by atoms with Gasteiger partial charge in [-0.1, -0.05) is 30.3 Å². The summed E-state index contributed by atoms with van der Waals surface area (Å²) in [6.07, 6.45) is 6.51. The molecule has 0 atom stereocenters. The van der Waals surface area contributed by atoms with Gasteiger partial charge in [0, 0.05) is 12.4 Å². The fraction of sp³-hybridized carbons (Fsp3) is 0.0435. The Kier molecular flexibility index (Phi) is 6.00. The Bertz CT molecular complexity index is 1280. The van der Waals surface area contributed by atoms with Crippen molar-refractivity contribution in [3.63, 3.8) is 0 Å². The van der Waals surface area contributed by atoms with Gasteiger partial charge < -0.3 is 14.5 Å². The summed E-state index contributed by atoms with van der Waals surface area (Å²) in [7, 11) is 1.51. The fourth-order valence-corrected chi connectivity index (χ4v) is 3.07. The van der Waals surface area contributed by atoms with Gasteiger partial charge in [-0.15, -0.1) is 0 Å². The quantitative estimate of drug-likeness (QED) is 0.207. The third-order valence-electron chi connectivity index (χ3n) is 4.40. The number of benzene rings is 2. The van der Waals surface area contributed by atoms with Crippen LogP contribution < -0.4 is 9.47 Å². The normalized spacial score (nSPS) is 10.9. The molecule has 1 N–H and O–H groups in total. The summed E-state index contributed by atoms with van der Waals surface area (Å²) in [5.41, 5.74) is 3.00. The van der Waals surface area contributed by atoms with Gasteiger partial charge in [-0.25, -0.2) is 9.47 Å². The van der Waals surface area contributed by atoms with Crippen molar-refractivity contribution in [2.75, 3.05) is 7.11 Å². The van der Waals surface area contributed by atoms with Gasteiger partial charge in [0.05, 0.1) is 30.8 Å². The van der Waals surface area contributed by atoms with Gasteiger partial charge in [0.1, 0.15) is 0 Å². The van der Waals surface area contributed by atoms with E-state index in [1.54, 1.807) is 47.4 Å². The average molecular weight is 430 g/mol. The van der Waals surface area contributed by atoms with Crippen LogP contribution in [0.5, 0.6) is 11.5 Å². The lowest BCUT2D eigenvalue weighted by molar-refractivity contribution is 0.0729. The van der Waals surface area contributed by atoms with Crippen LogP contribution >= 0.6 is 12.2 Å². The monoisotopic (exact) mass is 430 g/mol. The third kappa shape index (κ3) is 4.76. The summed E-state index contributed by atoms with van der Waals surface area (Å²) in [5, 5.41) is 4.42. The summed E-state index contributed by atoms with van der Waals surface area (Å²) in [6.45, 7) is 0. The molecule has 0 saturated heterocycles. The zero-order valence-electron chi connectivity index (χ0n) is 16.6. The molecule has 154 valence electrons. The number of imidazole rings is 1. The Morgan fingerprint density at radius 3 is 2.71 bits per heavy atom. The Labute approximate surface area is 183 Å². The average Bonchev–Trinajstić information content (AvgIpc) is 3.20. The second-order valence-corrected chi connectivity index (χ2v) is 6.86. The Hall–Kier alpha value is -4.04. The highest BCUT2D eigenvalue weighted by molar-refractivity contribution is 7.71. The van der Waals surface area contributed by atoms with E-state index in [2.05, 4.69) is 15.1 Å². The Morgan fingerprint density at radius 1 is 1.13 bits per heavy atom. The highest BCUT2D eigenvalue weighted by Crippen LogP contribution is 2.28. The van der Waals surface area contributed by atoms with Crippen molar-refractivity contribution in [3.05, 3.63) is 95.2 Å². The molecule has 0 spiro atoms. The fourth-order valence-electron chi connectivity index (χ4n) is 2.86. The molecule has 0 amide bonds. The van der Waals surface area contributed by atoms with Crippen molar-refractivity contribution >= 4 is 24.4 Å². The van der Waals surface area contributed by atoms with Gasteiger partial charge in [-0.2, -0.15) is 5.10 Å². The lowest BCUT2D eigenvalue weighted by atomic mass is 10.2. The summed E-state index contributed by atoms with van der Waals surface area (Å²) in [5.74, 6) is 0.196. The second kappa shape index (κ2) is 9.19. The van der Waals surface area contributed by atoms with E-state index in [-0.39, 0.29) is 0 Å². The lowest BCUT2D eigenvalue weighted by Gasteiger charge is -2.09. The number of aromatic amines is 1. The molecule has 4 rings (SSSR count). The number of hydrogen-bond acceptors (Lipinski definition) is 6. The number of methoxy groups -OCH3 is 1. The van der Waals surface area contributed by atoms with Crippen molar-refractivity contribution in [2.24, 2.45) is 5.10 Å². The molecule has 0 bridgehead atoms. The van der Waals surface area contributed by atoms with E-state index in [1.165, 1.54) is 13.3 Å². The molecule has 0 unspecified atom stereocenters. The first-order valence-electron chi connectivity index (χ1n) is 9.36. The van der Waals surface area contributed by atoms with Crippen molar-refractivity contribution in [1.29, 1.82) is 0 Å². The molecule has 2 aromatic heterocycles. The largest absolute Gasteiger partial charge is 0.493 e. The lowest BCUT2D eigenvalue weighted by Crippen LogP contribution is -2.09. The molecular formula is C23H18N4O3S. The Balaban J connectivity index is 1.53. The van der Waals surface area contributed by atoms with Gasteiger partial charge in [0.2, 0.25) is 0 Å². The van der Waals surface area contributed by atoms with E-state index in [0.717, 1.165) is 16.8 Å². The number of ether oxygens (including phenoxy) is 2. The van der Waals surface area contributed by atoms with E-state index >= 15 is 0 Å². The predicted octanol–water partition coefficient (Wildman–Crippen LogP) is 4.72. The Morgan fingerprint density at radius 2 is 1.97 bits per heavy atom. The smallest absolute Gasteiger partial charge is 0.345 e. The van der Waals surface area contributed by atoms with Crippen molar-refractivity contribution < 1.29 is 14.3 Å². The van der Waals surface area contributed by atoms with Crippen molar-refractivity contribution in [2.45, 2.75) is 0 Å². The first kappa shape index (κ1) is 20.2. The second-order valence-electron chi connectivity index (χ2n) is 6.47. The number of carbonyl (C=O) groups is 1. The molecule has 0 saturated carbocycles. The highest BCUT2D eigenvalue weighted by Gasteiger charge is 2.13. The minimum atomic E-state index is -0.514. The molecule has 0 fully saturated rings. The van der Waals surface area contributed by atoms with Crippen LogP contribution in [0.15, 0.2) is 84.4 Å². The maximum Gasteiger partial charge on any atom is 0.345 e. The number of H-pyrrole nitrogens is 1. The molecule has 0 radical (unpaired) electrons. The topological polar surface area (TPSA) is 81.5 Å². The van der Waals surface area contributed by atoms with Crippen LogP contribution in [0, 0.1) is 4.77 Å². The SMILES string of the molecule is COc1cc(C=Nn2cc(-c3ccccc3)[nH]c2=S)ccc1OC(=O)c1cccnc1. The summed E-state index contributed by atoms with van der Waals surface area (Å²) in [4.78, 5) is 19.3. The van der Waals surface area contributed by atoms with E-state index in [9.17, 15) is 4.79 Å². The van der Waals surface area contributed by atoms with Crippen LogP contribution in [0.2, 0.25) is 0 Å². The van der Waals surface area contributed by atoms with Gasteiger partial charge in [0.25, 0.3) is 0 Å². The molecule has 2 heterocycles. The molecule has 0 aliphatic heterocycles. The van der Waals surface area contributed by atoms with Crippen LogP contribution in [0.1, 0.15) is 15.9 Å². The van der Waals surface area contributed by atoms with Gasteiger partial charge in [-0.05, 0) is 53.7 Å². The van der Waals surface area contributed by atoms with Gasteiger partial charge in [0.15, 0.2) is 16.3 Å². The van der Waals surface area contributed by atoms with Gasteiger partial charge in [-0.3, -0.25) is 4.98 Å². The standard InChI is InChI=1S/C23H18N4O3S/c1-29-21-12-16(9-10-20(21)30-22(28)18-8-5-11-24-14-18)13-25-27-15-19(26-23(27)31)17-6-3-2-4-7-17/h2-15H,1H3,(H,26,31). The first-order chi connectivity index (χ1) is 15.1. The highest BCUT2D eigenvalue weighted by atomic mass is 32.1. The molecule has 8 heteroatoms. The number of nitrogens with zero attached hydrogens (tertiary/aromatic N) is 3. The summed E-state index contributed by atoms with van der Waals surface area (Å²) in [6, 6.07) is 18.3. The van der Waals surface area contributed by atoms with Crippen LogP contribution in [-0.2, 0) is 0 Å². The van der Waals surface area contributed by atoms with Gasteiger partial charge >= 0.3 is 5.97 Å². The number of nitrogens with one attached hydrogen (secondary N) is 1. The van der Waals surface area contributed by atoms with E-state index in [1.807, 2.05) is 36.5 Å². The van der Waals surface area contributed by atoms with E-state index < -0.39 is 5.97 Å². The van der Waals surface area contributed by atoms with E-state index in [4.69, 9.17) is 21.7 Å². The number of hydrogen-bond donors (Lipinski definition) is 1. The number of pyridine rings is 1. The maximum absolute atomic E-state index is 12.3. The summed E-state index contributed by atoms with van der Waals surface area (Å²) >= 11 is 5.36. The minimum Gasteiger partial charge on any atom is -0.493 e. The molecular weight excluding hydrogens is 412 g/mol. The third-order valence-corrected chi connectivity index (χ3v) is 4.69. The number of carbonyl (C=O) groups excluding carboxylic acids is 1. The zero-order valence-corrected chi connectivity index (χ0v) is 17.4. The molecule has 0 aliphatic carbocycles. The molecule has 2 aromatic carbocycles. The molecule has 4 aromatic rings. The molecule has 7 nitrogen and oxygen atoms in total. The zero-order chi connectivity index (χ0) is 21.6. The maximum atomic E-state index is 12.3. The predicted molar refractivity (Wildman–Crippen MR) is 120 cm³/mol. The minimum absolute atomic E-state index is 0.304. The summed E-state index contributed by atoms with van der Waals surface area (Å²) < 4.78 is 12.9. The van der Waals surface area contributed by atoms with Crippen molar-refractivity contribution in [1.82, 2.24) is 14.6 Å². The van der Waals surface area contributed by atoms with Crippen molar-refractivity contribution in [3.8, 4) is 22.8 Å². The number of rotatable bonds is 6.